The van der Waals surface area contributed by atoms with E-state index in [0.29, 0.717) is 22.4 Å². The summed E-state index contributed by atoms with van der Waals surface area (Å²) in [6, 6.07) is 2.42. The molecule has 162 valence electrons. The van der Waals surface area contributed by atoms with Crippen LogP contribution in [0.5, 0.6) is 11.8 Å². The van der Waals surface area contributed by atoms with Gasteiger partial charge in [-0.15, -0.1) is 4.98 Å². The van der Waals surface area contributed by atoms with Crippen LogP contribution in [0, 0.1) is 13.8 Å². The second-order valence-electron chi connectivity index (χ2n) is 5.94. The van der Waals surface area contributed by atoms with Gasteiger partial charge in [0.1, 0.15) is 19.0 Å². The molecule has 2 heterocycles. The Bertz CT molecular complexity index is 1000. The molecule has 2 aromatic heterocycles. The lowest BCUT2D eigenvalue weighted by Gasteiger charge is -2.13. The largest absolute Gasteiger partial charge is 0.489 e. The third-order valence-electron chi connectivity index (χ3n) is 3.60. The van der Waals surface area contributed by atoms with E-state index in [1.165, 1.54) is 12.1 Å². The highest BCUT2D eigenvalue weighted by atomic mass is 19.4. The van der Waals surface area contributed by atoms with Crippen LogP contribution in [0.2, 0.25) is 0 Å². The fourth-order valence-corrected chi connectivity index (χ4v) is 2.42. The molecule has 0 atom stereocenters. The van der Waals surface area contributed by atoms with Crippen LogP contribution in [0.15, 0.2) is 21.2 Å². The molecule has 14 heteroatoms. The quantitative estimate of drug-likeness (QED) is 0.417. The maximum Gasteiger partial charge on any atom is 0.471 e. The number of rotatable bonds is 6. The Morgan fingerprint density at radius 3 is 1.87 bits per heavy atom. The third kappa shape index (κ3) is 4.80. The van der Waals surface area contributed by atoms with Crippen LogP contribution >= 0.6 is 0 Å². The smallest absolute Gasteiger partial charge is 0.471 e. The summed E-state index contributed by atoms with van der Waals surface area (Å²) in [5.74, 6) is -2.82. The highest BCUT2D eigenvalue weighted by molar-refractivity contribution is 5.61. The predicted octanol–water partition coefficient (Wildman–Crippen LogP) is 4.23. The molecular formula is C16H12F6N4O4. The molecule has 1 aromatic carbocycles. The third-order valence-corrected chi connectivity index (χ3v) is 3.60. The molecule has 0 radical (unpaired) electrons. The number of hydrogen-bond acceptors (Lipinski definition) is 8. The van der Waals surface area contributed by atoms with Crippen LogP contribution in [0.1, 0.15) is 22.9 Å². The normalized spacial score (nSPS) is 12.3. The molecule has 3 rings (SSSR count). The van der Waals surface area contributed by atoms with Crippen LogP contribution in [0.4, 0.5) is 26.3 Å². The number of alkyl halides is 6. The van der Waals surface area contributed by atoms with Gasteiger partial charge in [0.15, 0.2) is 0 Å². The summed E-state index contributed by atoms with van der Waals surface area (Å²) in [4.78, 5) is 6.37. The number of ether oxygens (including phenoxy) is 2. The summed E-state index contributed by atoms with van der Waals surface area (Å²) >= 11 is 0. The SMILES string of the molecule is Cc1cc(-c2noc(C(F)(F)F)n2)cc(C)c1OCCOc1noc(C(F)(F)F)n1. The molecule has 0 unspecified atom stereocenters. The van der Waals surface area contributed by atoms with E-state index < -0.39 is 30.1 Å². The van der Waals surface area contributed by atoms with Gasteiger partial charge in [-0.3, -0.25) is 0 Å². The molecule has 0 saturated carbocycles. The molecular weight excluding hydrogens is 426 g/mol. The van der Waals surface area contributed by atoms with Gasteiger partial charge < -0.3 is 18.5 Å². The average molecular weight is 438 g/mol. The number of hydrogen-bond donors (Lipinski definition) is 0. The maximum absolute atomic E-state index is 12.6. The van der Waals surface area contributed by atoms with E-state index in [1.807, 2.05) is 0 Å². The molecule has 0 N–H and O–H groups in total. The Kier molecular flexibility index (Phi) is 5.59. The fraction of sp³-hybridized carbons (Fsp3) is 0.375. The lowest BCUT2D eigenvalue weighted by molar-refractivity contribution is -0.160. The van der Waals surface area contributed by atoms with Crippen molar-refractivity contribution in [1.82, 2.24) is 20.3 Å². The van der Waals surface area contributed by atoms with Gasteiger partial charge >= 0.3 is 30.1 Å². The second-order valence-corrected chi connectivity index (χ2v) is 5.94. The summed E-state index contributed by atoms with van der Waals surface area (Å²) in [5, 5.41) is 6.36. The first kappa shape index (κ1) is 21.4. The van der Waals surface area contributed by atoms with E-state index >= 15 is 0 Å². The zero-order chi connectivity index (χ0) is 22.1. The predicted molar refractivity (Wildman–Crippen MR) is 84.5 cm³/mol. The van der Waals surface area contributed by atoms with Crippen molar-refractivity contribution in [3.05, 3.63) is 35.0 Å². The van der Waals surface area contributed by atoms with Crippen molar-refractivity contribution < 1.29 is 44.9 Å². The molecule has 0 fully saturated rings. The monoisotopic (exact) mass is 438 g/mol. The Balaban J connectivity index is 1.62. The second kappa shape index (κ2) is 7.84. The minimum absolute atomic E-state index is 0.0721. The standard InChI is InChI=1S/C16H12F6N4O4/c1-7-5-9(11-23-12(29-25-11)15(17,18)19)6-8(2)10(7)27-3-4-28-14-24-13(30-26-14)16(20,21)22/h5-6H,3-4H2,1-2H3. The minimum Gasteiger partial charge on any atom is -0.489 e. The van der Waals surface area contributed by atoms with Crippen LogP contribution < -0.4 is 9.47 Å². The molecule has 0 aliphatic heterocycles. The van der Waals surface area contributed by atoms with Gasteiger partial charge in [0, 0.05) is 5.56 Å². The number of aryl methyl sites for hydroxylation is 2. The lowest BCUT2D eigenvalue weighted by Crippen LogP contribution is -2.11. The Morgan fingerprint density at radius 2 is 1.33 bits per heavy atom. The first-order valence-electron chi connectivity index (χ1n) is 8.14. The molecule has 0 aliphatic rings. The van der Waals surface area contributed by atoms with Gasteiger partial charge in [-0.05, 0) is 42.3 Å². The number of benzene rings is 1. The Labute approximate surface area is 163 Å². The van der Waals surface area contributed by atoms with Gasteiger partial charge in [0.05, 0.1) is 0 Å². The molecule has 0 amide bonds. The van der Waals surface area contributed by atoms with Crippen molar-refractivity contribution in [1.29, 1.82) is 0 Å². The molecule has 0 bridgehead atoms. The number of nitrogens with zero attached hydrogens (tertiary/aromatic N) is 4. The molecule has 30 heavy (non-hydrogen) atoms. The zero-order valence-electron chi connectivity index (χ0n) is 15.3. The van der Waals surface area contributed by atoms with Crippen molar-refractivity contribution in [2.24, 2.45) is 0 Å². The lowest BCUT2D eigenvalue weighted by atomic mass is 10.1. The van der Waals surface area contributed by atoms with Crippen molar-refractivity contribution in [2.75, 3.05) is 13.2 Å². The summed E-state index contributed by atoms with van der Waals surface area (Å²) in [7, 11) is 0. The molecule has 8 nitrogen and oxygen atoms in total. The zero-order valence-corrected chi connectivity index (χ0v) is 15.3. The highest BCUT2D eigenvalue weighted by Crippen LogP contribution is 2.32. The van der Waals surface area contributed by atoms with Gasteiger partial charge in [0.25, 0.3) is 0 Å². The summed E-state index contributed by atoms with van der Waals surface area (Å²) in [6.07, 6.45) is -9.53. The van der Waals surface area contributed by atoms with Crippen molar-refractivity contribution in [2.45, 2.75) is 26.2 Å². The first-order valence-corrected chi connectivity index (χ1v) is 8.14. The molecule has 0 aliphatic carbocycles. The van der Waals surface area contributed by atoms with Crippen LogP contribution in [0.25, 0.3) is 11.4 Å². The summed E-state index contributed by atoms with van der Waals surface area (Å²) in [5.41, 5.74) is 1.41. The van der Waals surface area contributed by atoms with E-state index in [1.54, 1.807) is 13.8 Å². The van der Waals surface area contributed by atoms with Gasteiger partial charge in [0.2, 0.25) is 5.82 Å². The summed E-state index contributed by atoms with van der Waals surface area (Å²) < 4.78 is 93.6. The molecule has 0 saturated heterocycles. The van der Waals surface area contributed by atoms with E-state index in [2.05, 4.69) is 29.3 Å². The van der Waals surface area contributed by atoms with Crippen molar-refractivity contribution in [3.63, 3.8) is 0 Å². The average Bonchev–Trinajstić information content (AvgIpc) is 3.29. The van der Waals surface area contributed by atoms with Gasteiger partial charge in [-0.1, -0.05) is 5.16 Å². The molecule has 0 spiro atoms. The minimum atomic E-state index is -4.78. The van der Waals surface area contributed by atoms with Crippen molar-refractivity contribution in [3.8, 4) is 23.1 Å². The molecule has 3 aromatic rings. The van der Waals surface area contributed by atoms with E-state index in [9.17, 15) is 26.3 Å². The fourth-order valence-electron chi connectivity index (χ4n) is 2.42. The van der Waals surface area contributed by atoms with Gasteiger partial charge in [-0.25, -0.2) is 0 Å². The van der Waals surface area contributed by atoms with Crippen LogP contribution in [0.3, 0.4) is 0 Å². The Morgan fingerprint density at radius 1 is 0.800 bits per heavy atom. The van der Waals surface area contributed by atoms with Crippen molar-refractivity contribution >= 4 is 0 Å². The highest BCUT2D eigenvalue weighted by Gasteiger charge is 2.39. The van der Waals surface area contributed by atoms with E-state index in [4.69, 9.17) is 9.47 Å². The maximum atomic E-state index is 12.6. The summed E-state index contributed by atoms with van der Waals surface area (Å²) in [6.45, 7) is 3.03. The number of halogens is 6. The Hall–Kier alpha value is -3.32. The topological polar surface area (TPSA) is 96.3 Å². The number of aromatic nitrogens is 4. The van der Waals surface area contributed by atoms with Crippen LogP contribution in [-0.2, 0) is 12.4 Å². The first-order chi connectivity index (χ1) is 13.9. The van der Waals surface area contributed by atoms with Gasteiger partial charge in [-0.2, -0.15) is 31.3 Å². The van der Waals surface area contributed by atoms with E-state index in [-0.39, 0.29) is 19.0 Å². The van der Waals surface area contributed by atoms with Crippen LogP contribution in [-0.4, -0.2) is 33.5 Å². The van der Waals surface area contributed by atoms with E-state index in [0.717, 1.165) is 0 Å².